The van der Waals surface area contributed by atoms with Crippen molar-refractivity contribution in [3.05, 3.63) is 12.2 Å². The van der Waals surface area contributed by atoms with Gasteiger partial charge >= 0.3 is 0 Å². The van der Waals surface area contributed by atoms with Crippen LogP contribution >= 0.6 is 0 Å². The van der Waals surface area contributed by atoms with Crippen molar-refractivity contribution in [2.24, 2.45) is 62.4 Å². The zero-order valence-corrected chi connectivity index (χ0v) is 22.3. The second kappa shape index (κ2) is 7.57. The lowest BCUT2D eigenvalue weighted by Crippen LogP contribution is -2.68. The maximum atomic E-state index is 13.0. The molecule has 0 aromatic rings. The second-order valence-corrected chi connectivity index (χ2v) is 14.4. The number of hydrogen-bond donors (Lipinski definition) is 3. The van der Waals surface area contributed by atoms with Crippen molar-refractivity contribution >= 4 is 5.91 Å². The number of primary amides is 1. The summed E-state index contributed by atoms with van der Waals surface area (Å²) < 4.78 is 0. The molecule has 5 saturated carbocycles. The molecule has 1 amide bonds. The number of fused-ring (bicyclic) bond motifs is 7. The summed E-state index contributed by atoms with van der Waals surface area (Å²) in [7, 11) is 0. The number of aliphatic hydroxyl groups excluding tert-OH is 2. The molecule has 34 heavy (non-hydrogen) atoms. The zero-order chi connectivity index (χ0) is 24.9. The van der Waals surface area contributed by atoms with E-state index in [9.17, 15) is 15.0 Å². The Morgan fingerprint density at radius 3 is 2.24 bits per heavy atom. The molecular formula is C30H49NO3. The molecule has 0 bridgehead atoms. The minimum atomic E-state index is -0.410. The first-order valence-electron chi connectivity index (χ1n) is 14.1. The lowest BCUT2D eigenvalue weighted by Gasteiger charge is -2.72. The number of carbonyl (C=O) groups is 1. The average molecular weight is 472 g/mol. The topological polar surface area (TPSA) is 83.6 Å². The highest BCUT2D eigenvalue weighted by Crippen LogP contribution is 2.77. The quantitative estimate of drug-likeness (QED) is 0.478. The summed E-state index contributed by atoms with van der Waals surface area (Å²) in [5, 5.41) is 21.4. The van der Waals surface area contributed by atoms with Crippen molar-refractivity contribution < 1.29 is 15.0 Å². The lowest BCUT2D eigenvalue weighted by atomic mass is 9.32. The summed E-state index contributed by atoms with van der Waals surface area (Å²) in [6.07, 6.45) is 10.0. The van der Waals surface area contributed by atoms with Gasteiger partial charge in [-0.15, -0.1) is 0 Å². The Kier molecular flexibility index (Phi) is 5.52. The van der Waals surface area contributed by atoms with Gasteiger partial charge in [0.25, 0.3) is 0 Å². The monoisotopic (exact) mass is 471 g/mol. The number of hydrogen-bond acceptors (Lipinski definition) is 3. The van der Waals surface area contributed by atoms with E-state index in [0.29, 0.717) is 29.6 Å². The fourth-order valence-electron chi connectivity index (χ4n) is 11.6. The van der Waals surface area contributed by atoms with Gasteiger partial charge < -0.3 is 15.9 Å². The van der Waals surface area contributed by atoms with E-state index in [2.05, 4.69) is 41.2 Å². The van der Waals surface area contributed by atoms with Crippen molar-refractivity contribution in [2.75, 3.05) is 6.61 Å². The largest absolute Gasteiger partial charge is 0.396 e. The molecule has 0 aromatic carbocycles. The van der Waals surface area contributed by atoms with Crippen molar-refractivity contribution in [3.63, 3.8) is 0 Å². The second-order valence-electron chi connectivity index (χ2n) is 14.4. The van der Waals surface area contributed by atoms with Crippen LogP contribution in [0.4, 0.5) is 0 Å². The molecule has 4 N–H and O–H groups in total. The van der Waals surface area contributed by atoms with Gasteiger partial charge in [-0.25, -0.2) is 0 Å². The fraction of sp³-hybridized carbons (Fsp3) is 0.900. The third kappa shape index (κ3) is 2.76. The summed E-state index contributed by atoms with van der Waals surface area (Å²) in [5.74, 6) is 2.13. The van der Waals surface area contributed by atoms with Gasteiger partial charge in [-0.1, -0.05) is 39.8 Å². The Hall–Kier alpha value is -0.870. The highest BCUT2D eigenvalue weighted by molar-refractivity contribution is 5.82. The molecule has 5 aliphatic carbocycles. The van der Waals surface area contributed by atoms with E-state index in [1.807, 2.05) is 0 Å². The molecular weight excluding hydrogens is 422 g/mol. The normalized spacial score (nSPS) is 56.6. The lowest BCUT2D eigenvalue weighted by molar-refractivity contribution is -0.252. The Morgan fingerprint density at radius 1 is 0.912 bits per heavy atom. The number of aliphatic hydroxyl groups is 2. The van der Waals surface area contributed by atoms with E-state index in [-0.39, 0.29) is 34.2 Å². The minimum Gasteiger partial charge on any atom is -0.396 e. The van der Waals surface area contributed by atoms with Crippen LogP contribution in [-0.2, 0) is 4.79 Å². The van der Waals surface area contributed by atoms with E-state index < -0.39 is 11.5 Å². The van der Waals surface area contributed by atoms with Gasteiger partial charge in [-0.2, -0.15) is 0 Å². The van der Waals surface area contributed by atoms with E-state index in [4.69, 9.17) is 5.73 Å². The van der Waals surface area contributed by atoms with Crippen molar-refractivity contribution in [3.8, 4) is 0 Å². The molecule has 5 fully saturated rings. The van der Waals surface area contributed by atoms with Crippen molar-refractivity contribution in [2.45, 2.75) is 105 Å². The van der Waals surface area contributed by atoms with Gasteiger partial charge in [0.05, 0.1) is 18.1 Å². The smallest absolute Gasteiger partial charge is 0.223 e. The molecule has 4 nitrogen and oxygen atoms in total. The zero-order valence-electron chi connectivity index (χ0n) is 22.3. The molecule has 5 rings (SSSR count). The van der Waals surface area contributed by atoms with E-state index in [1.165, 1.54) is 18.4 Å². The molecule has 0 aliphatic heterocycles. The fourth-order valence-corrected chi connectivity index (χ4v) is 11.6. The van der Waals surface area contributed by atoms with Gasteiger partial charge in [0, 0.05) is 5.41 Å². The Bertz CT molecular complexity index is 886. The van der Waals surface area contributed by atoms with Crippen LogP contribution in [0.2, 0.25) is 0 Å². The number of allylic oxidation sites excluding steroid dienone is 1. The highest BCUT2D eigenvalue weighted by atomic mass is 16.3. The summed E-state index contributed by atoms with van der Waals surface area (Å²) in [6.45, 7) is 16.4. The summed E-state index contributed by atoms with van der Waals surface area (Å²) in [5.41, 5.74) is 7.19. The molecule has 0 radical (unpaired) electrons. The standard InChI is InChI=1S/C30H49NO3/c1-18(2)19-9-14-30(25(31)34)16-15-28(5)20(24(19)30)7-8-22-26(3)12-11-23(33)27(4,17-32)21(26)10-13-29(22,28)6/h19-24,32-33H,1,7-17H2,2-6H3,(H2,31,34)/t19-,20?,21+,22+,23?,24+,26-,27-,28+,29+,30-/m0/s1. The van der Waals surface area contributed by atoms with E-state index >= 15 is 0 Å². The third-order valence-corrected chi connectivity index (χ3v) is 13.7. The Morgan fingerprint density at radius 2 is 1.62 bits per heavy atom. The molecule has 2 unspecified atom stereocenters. The van der Waals surface area contributed by atoms with Gasteiger partial charge in [-0.05, 0) is 117 Å². The van der Waals surface area contributed by atoms with Gasteiger partial charge in [0.2, 0.25) is 5.91 Å². The van der Waals surface area contributed by atoms with Crippen LogP contribution in [0.5, 0.6) is 0 Å². The van der Waals surface area contributed by atoms with Gasteiger partial charge in [-0.3, -0.25) is 4.79 Å². The Labute approximate surface area is 207 Å². The first-order valence-corrected chi connectivity index (χ1v) is 14.1. The van der Waals surface area contributed by atoms with Crippen LogP contribution < -0.4 is 5.73 Å². The number of nitrogens with two attached hydrogens (primary N) is 1. The van der Waals surface area contributed by atoms with Crippen molar-refractivity contribution in [1.29, 1.82) is 0 Å². The molecule has 11 atom stereocenters. The molecule has 0 saturated heterocycles. The van der Waals surface area contributed by atoms with E-state index in [0.717, 1.165) is 51.4 Å². The van der Waals surface area contributed by atoms with E-state index in [1.54, 1.807) is 0 Å². The van der Waals surface area contributed by atoms with Crippen LogP contribution in [0, 0.1) is 56.7 Å². The van der Waals surface area contributed by atoms with Crippen LogP contribution in [-0.4, -0.2) is 28.8 Å². The molecule has 0 heterocycles. The SMILES string of the molecule is C=C(C)[C@@H]1CC[C@]2(C(N)=O)CC[C@]3(C)C(CC[C@@H]4[C@@]5(C)CCC(O)[C@@](C)(CO)[C@@H]5CC[C@]43C)[C@@H]12. The third-order valence-electron chi connectivity index (χ3n) is 13.7. The maximum absolute atomic E-state index is 13.0. The molecule has 192 valence electrons. The summed E-state index contributed by atoms with van der Waals surface area (Å²) in [4.78, 5) is 13.0. The first kappa shape index (κ1) is 24.8. The summed E-state index contributed by atoms with van der Waals surface area (Å²) >= 11 is 0. The summed E-state index contributed by atoms with van der Waals surface area (Å²) in [6, 6.07) is 0. The van der Waals surface area contributed by atoms with Crippen LogP contribution in [0.15, 0.2) is 12.2 Å². The highest BCUT2D eigenvalue weighted by Gasteiger charge is 2.71. The minimum absolute atomic E-state index is 0.0637. The predicted molar refractivity (Wildman–Crippen MR) is 136 cm³/mol. The first-order chi connectivity index (χ1) is 15.8. The number of carbonyl (C=O) groups excluding carboxylic acids is 1. The molecule has 5 aliphatic rings. The molecule has 4 heteroatoms. The van der Waals surface area contributed by atoms with Crippen LogP contribution in [0.25, 0.3) is 0 Å². The number of amides is 1. The van der Waals surface area contributed by atoms with Gasteiger partial charge in [0.1, 0.15) is 0 Å². The van der Waals surface area contributed by atoms with Gasteiger partial charge in [0.15, 0.2) is 0 Å². The van der Waals surface area contributed by atoms with Crippen LogP contribution in [0.3, 0.4) is 0 Å². The Balaban J connectivity index is 1.56. The maximum Gasteiger partial charge on any atom is 0.223 e. The number of rotatable bonds is 3. The molecule has 0 spiro atoms. The molecule has 0 aromatic heterocycles. The average Bonchev–Trinajstić information content (AvgIpc) is 3.18. The van der Waals surface area contributed by atoms with Crippen molar-refractivity contribution in [1.82, 2.24) is 0 Å². The predicted octanol–water partition coefficient (Wildman–Crippen LogP) is 5.46. The van der Waals surface area contributed by atoms with Crippen LogP contribution in [0.1, 0.15) is 98.8 Å².